The minimum atomic E-state index is -0.947. The molecule has 4 nitrogen and oxygen atoms in total. The van der Waals surface area contributed by atoms with Crippen LogP contribution >= 0.6 is 15.9 Å². The molecule has 6 heteroatoms. The minimum Gasteiger partial charge on any atom is -0.342 e. The summed E-state index contributed by atoms with van der Waals surface area (Å²) in [6.45, 7) is 3.78. The van der Waals surface area contributed by atoms with Crippen molar-refractivity contribution in [3.63, 3.8) is 0 Å². The van der Waals surface area contributed by atoms with Crippen molar-refractivity contribution in [2.45, 2.75) is 32.2 Å². The molecule has 1 N–H and O–H groups in total. The number of nitrogens with zero attached hydrogens (tertiary/aromatic N) is 1. The smallest absolute Gasteiger partial charge is 0.252 e. The number of rotatable bonds is 2. The minimum absolute atomic E-state index is 0.164. The summed E-state index contributed by atoms with van der Waals surface area (Å²) in [7, 11) is 0. The first-order valence-electron chi connectivity index (χ1n) is 6.45. The van der Waals surface area contributed by atoms with Crippen LogP contribution in [0.2, 0.25) is 0 Å². The van der Waals surface area contributed by atoms with Crippen molar-refractivity contribution in [1.29, 1.82) is 0 Å². The van der Waals surface area contributed by atoms with Crippen LogP contribution in [0, 0.1) is 5.82 Å². The molecule has 1 aliphatic heterocycles. The first-order valence-corrected chi connectivity index (χ1v) is 7.24. The molecule has 1 aliphatic rings. The average molecular weight is 343 g/mol. The Bertz CT molecular complexity index is 564. The molecule has 0 aliphatic carbocycles. The fourth-order valence-corrected chi connectivity index (χ4v) is 2.42. The van der Waals surface area contributed by atoms with Gasteiger partial charge in [0.1, 0.15) is 11.4 Å². The zero-order chi connectivity index (χ0) is 14.9. The molecule has 0 saturated carbocycles. The molecule has 2 rings (SSSR count). The summed E-state index contributed by atoms with van der Waals surface area (Å²) >= 11 is 3.08. The Kier molecular flexibility index (Phi) is 4.13. The highest BCUT2D eigenvalue weighted by atomic mass is 79.9. The van der Waals surface area contributed by atoms with E-state index in [9.17, 15) is 14.0 Å². The molecular weight excluding hydrogens is 327 g/mol. The van der Waals surface area contributed by atoms with Gasteiger partial charge in [-0.25, -0.2) is 4.39 Å². The topological polar surface area (TPSA) is 49.4 Å². The molecule has 2 amide bonds. The summed E-state index contributed by atoms with van der Waals surface area (Å²) in [5.74, 6) is -0.813. The van der Waals surface area contributed by atoms with Crippen molar-refractivity contribution in [3.05, 3.63) is 28.5 Å². The largest absolute Gasteiger partial charge is 0.342 e. The first-order chi connectivity index (χ1) is 9.37. The molecule has 1 aromatic rings. The van der Waals surface area contributed by atoms with Crippen LogP contribution in [0.1, 0.15) is 26.7 Å². The van der Waals surface area contributed by atoms with Gasteiger partial charge in [0.25, 0.3) is 5.91 Å². The summed E-state index contributed by atoms with van der Waals surface area (Å²) in [6.07, 6.45) is 0.687. The maximum absolute atomic E-state index is 13.6. The van der Waals surface area contributed by atoms with Gasteiger partial charge >= 0.3 is 0 Å². The van der Waals surface area contributed by atoms with Gasteiger partial charge in [0.05, 0.1) is 4.47 Å². The predicted molar refractivity (Wildman–Crippen MR) is 77.9 cm³/mol. The Labute approximate surface area is 125 Å². The van der Waals surface area contributed by atoms with E-state index in [1.807, 2.05) is 6.92 Å². The van der Waals surface area contributed by atoms with Crippen LogP contribution in [0.4, 0.5) is 10.1 Å². The number of halogens is 2. The number of carbonyl (C=O) groups excluding carboxylic acids is 2. The number of hydrogen-bond acceptors (Lipinski definition) is 2. The van der Waals surface area contributed by atoms with Crippen molar-refractivity contribution in [2.24, 2.45) is 0 Å². The van der Waals surface area contributed by atoms with E-state index in [-0.39, 0.29) is 24.8 Å². The lowest BCUT2D eigenvalue weighted by Crippen LogP contribution is -2.54. The highest BCUT2D eigenvalue weighted by Gasteiger charge is 2.39. The molecule has 1 saturated heterocycles. The Morgan fingerprint density at radius 1 is 1.45 bits per heavy atom. The molecule has 1 unspecified atom stereocenters. The normalized spacial score (nSPS) is 23.5. The molecule has 20 heavy (non-hydrogen) atoms. The van der Waals surface area contributed by atoms with E-state index >= 15 is 0 Å². The molecule has 0 bridgehead atoms. The van der Waals surface area contributed by atoms with Crippen LogP contribution in [0.25, 0.3) is 0 Å². The van der Waals surface area contributed by atoms with Crippen LogP contribution in [0.15, 0.2) is 22.7 Å². The number of amides is 2. The predicted octanol–water partition coefficient (Wildman–Crippen LogP) is 2.61. The lowest BCUT2D eigenvalue weighted by atomic mass is 9.97. The van der Waals surface area contributed by atoms with Crippen LogP contribution in [-0.2, 0) is 9.59 Å². The highest BCUT2D eigenvalue weighted by molar-refractivity contribution is 9.10. The van der Waals surface area contributed by atoms with E-state index < -0.39 is 11.4 Å². The second-order valence-corrected chi connectivity index (χ2v) is 5.89. The number of anilines is 1. The van der Waals surface area contributed by atoms with Crippen molar-refractivity contribution in [2.75, 3.05) is 11.4 Å². The van der Waals surface area contributed by atoms with E-state index in [2.05, 4.69) is 21.2 Å². The quantitative estimate of drug-likeness (QED) is 0.898. The highest BCUT2D eigenvalue weighted by Crippen LogP contribution is 2.26. The van der Waals surface area contributed by atoms with Gasteiger partial charge in [0, 0.05) is 18.7 Å². The van der Waals surface area contributed by atoms with Gasteiger partial charge in [-0.1, -0.05) is 6.92 Å². The maximum atomic E-state index is 13.6. The van der Waals surface area contributed by atoms with Gasteiger partial charge in [-0.15, -0.1) is 0 Å². The SMILES string of the molecule is CCC1(C)NC(=O)CCN(c2ccc(Br)c(F)c2)C1=O. The van der Waals surface area contributed by atoms with Crippen LogP contribution in [-0.4, -0.2) is 23.9 Å². The molecule has 1 aromatic carbocycles. The molecule has 1 atom stereocenters. The molecule has 1 fully saturated rings. The molecule has 0 radical (unpaired) electrons. The van der Waals surface area contributed by atoms with Gasteiger partial charge in [-0.3, -0.25) is 9.59 Å². The van der Waals surface area contributed by atoms with Crippen LogP contribution in [0.5, 0.6) is 0 Å². The third kappa shape index (κ3) is 2.70. The lowest BCUT2D eigenvalue weighted by molar-refractivity contribution is -0.129. The standard InChI is InChI=1S/C14H16BrFN2O2/c1-3-14(2)13(20)18(7-6-12(19)17-14)9-4-5-10(15)11(16)8-9/h4-5,8H,3,6-7H2,1-2H3,(H,17,19). The van der Waals surface area contributed by atoms with Crippen molar-refractivity contribution >= 4 is 33.4 Å². The summed E-state index contributed by atoms with van der Waals surface area (Å²) in [4.78, 5) is 25.8. The Hall–Kier alpha value is -1.43. The van der Waals surface area contributed by atoms with Crippen molar-refractivity contribution in [1.82, 2.24) is 5.32 Å². The van der Waals surface area contributed by atoms with Gasteiger partial charge in [0.2, 0.25) is 5.91 Å². The third-order valence-corrected chi connectivity index (χ3v) is 4.26. The summed E-state index contributed by atoms with van der Waals surface area (Å²) in [6, 6.07) is 4.52. The fourth-order valence-electron chi connectivity index (χ4n) is 2.18. The number of hydrogen-bond donors (Lipinski definition) is 1. The second kappa shape index (κ2) is 5.52. The van der Waals surface area contributed by atoms with Crippen LogP contribution in [0.3, 0.4) is 0 Å². The molecular formula is C14H16BrFN2O2. The van der Waals surface area contributed by atoms with E-state index in [0.717, 1.165) is 0 Å². The fraction of sp³-hybridized carbons (Fsp3) is 0.429. The van der Waals surface area contributed by atoms with Gasteiger partial charge in [-0.05, 0) is 47.5 Å². The van der Waals surface area contributed by atoms with Crippen molar-refractivity contribution in [3.8, 4) is 0 Å². The van der Waals surface area contributed by atoms with E-state index in [0.29, 0.717) is 16.6 Å². The summed E-state index contributed by atoms with van der Waals surface area (Å²) < 4.78 is 14.0. The Balaban J connectivity index is 2.41. The first kappa shape index (κ1) is 15.0. The Morgan fingerprint density at radius 2 is 2.15 bits per heavy atom. The number of benzene rings is 1. The van der Waals surface area contributed by atoms with Gasteiger partial charge < -0.3 is 10.2 Å². The van der Waals surface area contributed by atoms with Crippen molar-refractivity contribution < 1.29 is 14.0 Å². The zero-order valence-electron chi connectivity index (χ0n) is 11.4. The average Bonchev–Trinajstić information content (AvgIpc) is 2.52. The summed E-state index contributed by atoms with van der Waals surface area (Å²) in [5, 5.41) is 2.75. The van der Waals surface area contributed by atoms with Gasteiger partial charge in [-0.2, -0.15) is 0 Å². The van der Waals surface area contributed by atoms with Crippen LogP contribution < -0.4 is 10.2 Å². The zero-order valence-corrected chi connectivity index (χ0v) is 13.0. The second-order valence-electron chi connectivity index (χ2n) is 5.04. The van der Waals surface area contributed by atoms with E-state index in [1.54, 1.807) is 19.1 Å². The Morgan fingerprint density at radius 3 is 2.75 bits per heavy atom. The van der Waals surface area contributed by atoms with E-state index in [4.69, 9.17) is 0 Å². The number of nitrogens with one attached hydrogen (secondary N) is 1. The molecule has 0 spiro atoms. The van der Waals surface area contributed by atoms with E-state index in [1.165, 1.54) is 11.0 Å². The molecule has 108 valence electrons. The lowest BCUT2D eigenvalue weighted by Gasteiger charge is -2.31. The van der Waals surface area contributed by atoms with Gasteiger partial charge in [0.15, 0.2) is 0 Å². The number of carbonyl (C=O) groups is 2. The molecule has 0 aromatic heterocycles. The third-order valence-electron chi connectivity index (χ3n) is 3.62. The monoisotopic (exact) mass is 342 g/mol. The maximum Gasteiger partial charge on any atom is 0.252 e. The summed E-state index contributed by atoms with van der Waals surface area (Å²) in [5.41, 5.74) is -0.483. The molecule has 1 heterocycles.